The number of carbonyl (C=O) groups is 2. The number of ketones is 1. The molecule has 3 saturated heterocycles. The molecule has 0 amide bonds. The Morgan fingerprint density at radius 1 is 0.913 bits per heavy atom. The molecule has 0 aromatic rings. The van der Waals surface area contributed by atoms with Gasteiger partial charge in [-0.2, -0.15) is 0 Å². The molecule has 0 aromatic carbocycles. The van der Waals surface area contributed by atoms with Gasteiger partial charge in [-0.1, -0.05) is 13.0 Å². The second-order valence-electron chi connectivity index (χ2n) is 13.1. The lowest BCUT2D eigenvalue weighted by molar-refractivity contribution is -0.301. The molecule has 4 rings (SSSR count). The second-order valence-corrected chi connectivity index (χ2v) is 13.1. The Bertz CT molecular complexity index is 1090. The van der Waals surface area contributed by atoms with E-state index >= 15 is 0 Å². The molecule has 4 aliphatic heterocycles. The second kappa shape index (κ2) is 15.6. The van der Waals surface area contributed by atoms with Crippen molar-refractivity contribution in [2.75, 3.05) is 13.7 Å². The first-order chi connectivity index (χ1) is 21.6. The van der Waals surface area contributed by atoms with Crippen molar-refractivity contribution in [3.8, 4) is 0 Å². The van der Waals surface area contributed by atoms with Crippen molar-refractivity contribution in [2.45, 2.75) is 139 Å². The quantitative estimate of drug-likeness (QED) is 0.187. The molecule has 5 N–H and O–H groups in total. The summed E-state index contributed by atoms with van der Waals surface area (Å²) in [5, 5.41) is 52.5. The molecule has 0 aliphatic carbocycles. The predicted octanol–water partition coefficient (Wildman–Crippen LogP) is -0.0958. The maximum Gasteiger partial charge on any atom is 0.330 e. The number of carbonyl (C=O) groups excluding carboxylic acids is 2. The molecule has 16 atom stereocenters. The minimum atomic E-state index is -1.76. The molecule has 0 unspecified atom stereocenters. The topological polar surface area (TPSA) is 203 Å². The number of ether oxygens (including phenoxy) is 7. The molecule has 46 heavy (non-hydrogen) atoms. The van der Waals surface area contributed by atoms with Crippen LogP contribution in [0.2, 0.25) is 0 Å². The lowest BCUT2D eigenvalue weighted by Gasteiger charge is -2.41. The first kappa shape index (κ1) is 37.0. The zero-order chi connectivity index (χ0) is 33.9. The number of methoxy groups -OCH3 is 1. The standard InChI is InChI=1S/C32H50O14/c1-15-7-10-24(35)43-17(3)19(14-41-31-29(40-6)27(38)25(36)18(4)44-31)28-22(45-28)8-9-23(34)32(5,39)12-11-21(15)46-30-26(37)20(33)13-16(2)42-30/h7-10,15-22,25-31,33,36-39H,11-14H2,1-6H3/b9-8+,10-7+/t15-,16+,17+,18+,19+,20-,21-,22+,25+,26+,27+,28-,29+,30-,31+,32-/m0/s1. The van der Waals surface area contributed by atoms with Gasteiger partial charge in [-0.25, -0.2) is 4.79 Å². The van der Waals surface area contributed by atoms with Crippen molar-refractivity contribution in [2.24, 2.45) is 11.8 Å². The Kier molecular flexibility index (Phi) is 12.5. The van der Waals surface area contributed by atoms with Crippen LogP contribution in [0.4, 0.5) is 0 Å². The fraction of sp³-hybridized carbons (Fsp3) is 0.812. The molecule has 14 nitrogen and oxygen atoms in total. The summed E-state index contributed by atoms with van der Waals surface area (Å²) < 4.78 is 40.4. The van der Waals surface area contributed by atoms with E-state index in [2.05, 4.69) is 0 Å². The minimum absolute atomic E-state index is 0.00609. The number of cyclic esters (lactones) is 1. The van der Waals surface area contributed by atoms with E-state index in [0.29, 0.717) is 0 Å². The van der Waals surface area contributed by atoms with Crippen molar-refractivity contribution < 1.29 is 68.3 Å². The Morgan fingerprint density at radius 3 is 2.33 bits per heavy atom. The summed E-state index contributed by atoms with van der Waals surface area (Å²) in [6.07, 6.45) is -5.46. The summed E-state index contributed by atoms with van der Waals surface area (Å²) in [7, 11) is 1.36. The zero-order valence-corrected chi connectivity index (χ0v) is 27.2. The highest BCUT2D eigenvalue weighted by Crippen LogP contribution is 2.36. The van der Waals surface area contributed by atoms with E-state index in [9.17, 15) is 35.1 Å². The summed E-state index contributed by atoms with van der Waals surface area (Å²) in [5.74, 6) is -2.18. The van der Waals surface area contributed by atoms with Crippen molar-refractivity contribution in [1.82, 2.24) is 0 Å². The average Bonchev–Trinajstić information content (AvgIpc) is 3.76. The number of aliphatic hydroxyl groups excluding tert-OH is 4. The molecule has 0 spiro atoms. The molecule has 0 saturated carbocycles. The van der Waals surface area contributed by atoms with Crippen LogP contribution in [0.15, 0.2) is 24.3 Å². The summed E-state index contributed by atoms with van der Waals surface area (Å²) in [5.41, 5.74) is -1.76. The molecule has 0 radical (unpaired) electrons. The molecule has 262 valence electrons. The number of fused-ring (bicyclic) bond motifs is 1. The smallest absolute Gasteiger partial charge is 0.330 e. The summed E-state index contributed by atoms with van der Waals surface area (Å²) in [4.78, 5) is 26.0. The highest BCUT2D eigenvalue weighted by molar-refractivity contribution is 5.96. The van der Waals surface area contributed by atoms with Crippen LogP contribution < -0.4 is 0 Å². The average molecular weight is 659 g/mol. The first-order valence-electron chi connectivity index (χ1n) is 15.9. The maximum absolute atomic E-state index is 13.1. The summed E-state index contributed by atoms with van der Waals surface area (Å²) >= 11 is 0. The number of epoxide rings is 1. The van der Waals surface area contributed by atoms with E-state index < -0.39 is 103 Å². The van der Waals surface area contributed by atoms with Gasteiger partial charge in [0.2, 0.25) is 0 Å². The van der Waals surface area contributed by atoms with Gasteiger partial charge < -0.3 is 58.7 Å². The van der Waals surface area contributed by atoms with Crippen LogP contribution in [-0.4, -0.2) is 136 Å². The van der Waals surface area contributed by atoms with E-state index in [-0.39, 0.29) is 32.0 Å². The maximum atomic E-state index is 13.1. The van der Waals surface area contributed by atoms with Gasteiger partial charge in [0.05, 0.1) is 37.1 Å². The van der Waals surface area contributed by atoms with Gasteiger partial charge in [0.15, 0.2) is 18.4 Å². The SMILES string of the molecule is CO[C@H]1[C@H](OC[C@H]2[C@@H]3O[C@@H]3/C=C/C(=O)[C@@](C)(O)CC[C@H](O[C@@H]3O[C@H](C)C[C@H](O)[C@H]3O)[C@@H](C)/C=C/C(=O)O[C@@H]2C)O[C@H](C)[C@@H](O)[C@H]1O. The summed E-state index contributed by atoms with van der Waals surface area (Å²) in [6, 6.07) is 0. The van der Waals surface area contributed by atoms with E-state index in [1.807, 2.05) is 0 Å². The number of esters is 1. The third kappa shape index (κ3) is 8.99. The van der Waals surface area contributed by atoms with Crippen molar-refractivity contribution in [3.63, 3.8) is 0 Å². The van der Waals surface area contributed by atoms with Gasteiger partial charge in [-0.15, -0.1) is 0 Å². The fourth-order valence-corrected chi connectivity index (χ4v) is 6.06. The van der Waals surface area contributed by atoms with E-state index in [1.165, 1.54) is 32.3 Å². The Labute approximate surface area is 269 Å². The van der Waals surface area contributed by atoms with Gasteiger partial charge in [0.25, 0.3) is 0 Å². The predicted molar refractivity (Wildman–Crippen MR) is 159 cm³/mol. The fourth-order valence-electron chi connectivity index (χ4n) is 6.06. The van der Waals surface area contributed by atoms with Crippen LogP contribution >= 0.6 is 0 Å². The Morgan fingerprint density at radius 2 is 1.63 bits per heavy atom. The number of hydrogen-bond donors (Lipinski definition) is 5. The van der Waals surface area contributed by atoms with Crippen molar-refractivity contribution in [3.05, 3.63) is 24.3 Å². The van der Waals surface area contributed by atoms with Crippen molar-refractivity contribution >= 4 is 11.8 Å². The normalized spacial score (nSPS) is 49.1. The zero-order valence-electron chi connectivity index (χ0n) is 27.2. The van der Waals surface area contributed by atoms with Crippen LogP contribution in [0.3, 0.4) is 0 Å². The van der Waals surface area contributed by atoms with Crippen LogP contribution in [0.25, 0.3) is 0 Å². The first-order valence-corrected chi connectivity index (χ1v) is 15.9. The van der Waals surface area contributed by atoms with E-state index in [0.717, 1.165) is 0 Å². The lowest BCUT2D eigenvalue weighted by atomic mass is 9.89. The van der Waals surface area contributed by atoms with Gasteiger partial charge >= 0.3 is 5.97 Å². The lowest BCUT2D eigenvalue weighted by Crippen LogP contribution is -2.58. The number of rotatable bonds is 6. The molecule has 4 heterocycles. The van der Waals surface area contributed by atoms with Crippen molar-refractivity contribution in [1.29, 1.82) is 0 Å². The Balaban J connectivity index is 1.52. The molecule has 14 heteroatoms. The molecule has 0 aromatic heterocycles. The highest BCUT2D eigenvalue weighted by atomic mass is 16.7. The third-order valence-corrected chi connectivity index (χ3v) is 9.33. The molecule has 0 bridgehead atoms. The van der Waals surface area contributed by atoms with Crippen LogP contribution in [0.5, 0.6) is 0 Å². The van der Waals surface area contributed by atoms with Crippen LogP contribution in [-0.2, 0) is 42.7 Å². The van der Waals surface area contributed by atoms with E-state index in [1.54, 1.807) is 33.8 Å². The van der Waals surface area contributed by atoms with Gasteiger partial charge in [-0.05, 0) is 52.7 Å². The molecule has 4 aliphatic rings. The largest absolute Gasteiger partial charge is 0.459 e. The third-order valence-electron chi connectivity index (χ3n) is 9.33. The number of hydrogen-bond acceptors (Lipinski definition) is 14. The molecular formula is C32H50O14. The highest BCUT2D eigenvalue weighted by Gasteiger charge is 2.49. The molecular weight excluding hydrogens is 608 g/mol. The van der Waals surface area contributed by atoms with Gasteiger partial charge in [0.1, 0.15) is 42.2 Å². The minimum Gasteiger partial charge on any atom is -0.459 e. The van der Waals surface area contributed by atoms with Crippen LogP contribution in [0, 0.1) is 11.8 Å². The van der Waals surface area contributed by atoms with Gasteiger partial charge in [-0.3, -0.25) is 4.79 Å². The summed E-state index contributed by atoms with van der Waals surface area (Å²) in [6.45, 7) is 8.16. The van der Waals surface area contributed by atoms with Gasteiger partial charge in [0, 0.05) is 31.4 Å². The molecule has 3 fully saturated rings. The van der Waals surface area contributed by atoms with E-state index in [4.69, 9.17) is 33.2 Å². The monoisotopic (exact) mass is 658 g/mol. The van der Waals surface area contributed by atoms with Crippen LogP contribution in [0.1, 0.15) is 53.9 Å². The Hall–Kier alpha value is -1.82. The number of aliphatic hydroxyl groups is 5.